The average molecular weight is 301 g/mol. The fourth-order valence-corrected chi connectivity index (χ4v) is 3.14. The number of anilines is 1. The van der Waals surface area contributed by atoms with E-state index in [0.29, 0.717) is 13.0 Å². The van der Waals surface area contributed by atoms with Gasteiger partial charge in [0.25, 0.3) is 5.24 Å². The minimum absolute atomic E-state index is 0.0668. The summed E-state index contributed by atoms with van der Waals surface area (Å²) in [4.78, 5) is 29.5. The summed E-state index contributed by atoms with van der Waals surface area (Å²) < 4.78 is 0. The summed E-state index contributed by atoms with van der Waals surface area (Å²) in [5, 5.41) is 3.88. The Hall–Kier alpha value is -2.08. The van der Waals surface area contributed by atoms with Crippen LogP contribution < -0.4 is 5.32 Å². The predicted molar refractivity (Wildman–Crippen MR) is 84.4 cm³/mol. The Morgan fingerprint density at radius 2 is 2.24 bits per heavy atom. The molecule has 21 heavy (non-hydrogen) atoms. The summed E-state index contributed by atoms with van der Waals surface area (Å²) in [6.07, 6.45) is 2.04. The number of hydrogen-bond acceptors (Lipinski definition) is 4. The maximum atomic E-state index is 12.0. The number of pyridine rings is 1. The van der Waals surface area contributed by atoms with Crippen molar-refractivity contribution in [2.24, 2.45) is 0 Å². The Morgan fingerprint density at radius 3 is 3.05 bits per heavy atom. The van der Waals surface area contributed by atoms with E-state index in [1.807, 2.05) is 30.3 Å². The van der Waals surface area contributed by atoms with Crippen molar-refractivity contribution in [3.63, 3.8) is 0 Å². The molecule has 108 valence electrons. The van der Waals surface area contributed by atoms with E-state index in [-0.39, 0.29) is 11.1 Å². The highest BCUT2D eigenvalue weighted by atomic mass is 32.2. The lowest BCUT2D eigenvalue weighted by Gasteiger charge is -2.14. The van der Waals surface area contributed by atoms with Crippen LogP contribution in [-0.4, -0.2) is 39.9 Å². The lowest BCUT2D eigenvalue weighted by Crippen LogP contribution is -2.27. The molecular weight excluding hydrogens is 286 g/mol. The van der Waals surface area contributed by atoms with E-state index in [1.54, 1.807) is 11.1 Å². The van der Waals surface area contributed by atoms with E-state index in [0.717, 1.165) is 28.9 Å². The van der Waals surface area contributed by atoms with Gasteiger partial charge < -0.3 is 10.2 Å². The van der Waals surface area contributed by atoms with Crippen LogP contribution in [0.1, 0.15) is 6.42 Å². The standard InChI is InChI=1S/C15H15N3O2S/c19-14(6-8-18-9-10-21-15(18)20)17-13-5-1-4-12-11(13)3-2-7-16-12/h1-5,7H,6,8-10H2,(H,17,19). The van der Waals surface area contributed by atoms with E-state index < -0.39 is 0 Å². The van der Waals surface area contributed by atoms with Crippen molar-refractivity contribution in [3.05, 3.63) is 36.5 Å². The number of amides is 2. The molecule has 1 aromatic carbocycles. The van der Waals surface area contributed by atoms with Crippen LogP contribution in [0.25, 0.3) is 10.9 Å². The molecule has 0 spiro atoms. The van der Waals surface area contributed by atoms with Crippen LogP contribution in [0.3, 0.4) is 0 Å². The monoisotopic (exact) mass is 301 g/mol. The fraction of sp³-hybridized carbons (Fsp3) is 0.267. The highest BCUT2D eigenvalue weighted by Crippen LogP contribution is 2.22. The van der Waals surface area contributed by atoms with Crippen LogP contribution >= 0.6 is 11.8 Å². The second-order valence-corrected chi connectivity index (χ2v) is 5.82. The Morgan fingerprint density at radius 1 is 1.33 bits per heavy atom. The molecule has 0 radical (unpaired) electrons. The molecule has 1 aliphatic heterocycles. The number of thioether (sulfide) groups is 1. The number of rotatable bonds is 4. The molecule has 3 rings (SSSR count). The lowest BCUT2D eigenvalue weighted by atomic mass is 10.2. The molecule has 0 aliphatic carbocycles. The normalized spacial score (nSPS) is 14.7. The summed E-state index contributed by atoms with van der Waals surface area (Å²) in [5.41, 5.74) is 1.61. The second-order valence-electron chi connectivity index (χ2n) is 4.78. The quantitative estimate of drug-likeness (QED) is 0.943. The number of aromatic nitrogens is 1. The van der Waals surface area contributed by atoms with Gasteiger partial charge in [0.05, 0.1) is 11.2 Å². The first-order valence-electron chi connectivity index (χ1n) is 6.79. The average Bonchev–Trinajstić information content (AvgIpc) is 2.91. The van der Waals surface area contributed by atoms with Crippen LogP contribution in [0.4, 0.5) is 10.5 Å². The van der Waals surface area contributed by atoms with Gasteiger partial charge >= 0.3 is 0 Å². The molecule has 6 heteroatoms. The van der Waals surface area contributed by atoms with Crippen molar-refractivity contribution in [2.75, 3.05) is 24.2 Å². The fourth-order valence-electron chi connectivity index (χ4n) is 2.29. The van der Waals surface area contributed by atoms with Gasteiger partial charge in [0.15, 0.2) is 0 Å². The third-order valence-electron chi connectivity index (χ3n) is 3.37. The third kappa shape index (κ3) is 3.16. The van der Waals surface area contributed by atoms with E-state index in [4.69, 9.17) is 0 Å². The number of carbonyl (C=O) groups excluding carboxylic acids is 2. The SMILES string of the molecule is O=C(CCN1CCSC1=O)Nc1cccc2ncccc12. The molecular formula is C15H15N3O2S. The summed E-state index contributed by atoms with van der Waals surface area (Å²) in [6, 6.07) is 9.41. The molecule has 2 heterocycles. The smallest absolute Gasteiger partial charge is 0.281 e. The van der Waals surface area contributed by atoms with E-state index >= 15 is 0 Å². The van der Waals surface area contributed by atoms with Crippen molar-refractivity contribution < 1.29 is 9.59 Å². The van der Waals surface area contributed by atoms with Gasteiger partial charge in [-0.3, -0.25) is 14.6 Å². The van der Waals surface area contributed by atoms with Crippen molar-refractivity contribution >= 4 is 39.5 Å². The number of carbonyl (C=O) groups is 2. The number of benzene rings is 1. The summed E-state index contributed by atoms with van der Waals surface area (Å²) in [5.74, 6) is 0.728. The molecule has 1 N–H and O–H groups in total. The van der Waals surface area contributed by atoms with Gasteiger partial charge in [-0.2, -0.15) is 0 Å². The van der Waals surface area contributed by atoms with Crippen LogP contribution in [0, 0.1) is 0 Å². The van der Waals surface area contributed by atoms with Gasteiger partial charge in [0, 0.05) is 36.8 Å². The summed E-state index contributed by atoms with van der Waals surface area (Å²) >= 11 is 1.31. The van der Waals surface area contributed by atoms with Crippen molar-refractivity contribution in [1.82, 2.24) is 9.88 Å². The van der Waals surface area contributed by atoms with Gasteiger partial charge in [-0.1, -0.05) is 17.8 Å². The van der Waals surface area contributed by atoms with Crippen LogP contribution in [0.2, 0.25) is 0 Å². The maximum Gasteiger partial charge on any atom is 0.281 e. The minimum atomic E-state index is -0.0870. The van der Waals surface area contributed by atoms with E-state index in [9.17, 15) is 9.59 Å². The van der Waals surface area contributed by atoms with Gasteiger partial charge in [-0.05, 0) is 24.3 Å². The van der Waals surface area contributed by atoms with E-state index in [2.05, 4.69) is 10.3 Å². The zero-order valence-electron chi connectivity index (χ0n) is 11.4. The molecule has 0 bridgehead atoms. The van der Waals surface area contributed by atoms with Gasteiger partial charge in [-0.15, -0.1) is 0 Å². The Bertz CT molecular complexity index is 684. The first-order valence-corrected chi connectivity index (χ1v) is 7.78. The van der Waals surface area contributed by atoms with Gasteiger partial charge in [0.1, 0.15) is 0 Å². The largest absolute Gasteiger partial charge is 0.332 e. The number of fused-ring (bicyclic) bond motifs is 1. The lowest BCUT2D eigenvalue weighted by molar-refractivity contribution is -0.116. The van der Waals surface area contributed by atoms with Crippen molar-refractivity contribution in [3.8, 4) is 0 Å². The topological polar surface area (TPSA) is 62.3 Å². The molecule has 1 fully saturated rings. The van der Waals surface area contributed by atoms with Crippen LogP contribution in [0.5, 0.6) is 0 Å². The Labute approximate surface area is 126 Å². The zero-order chi connectivity index (χ0) is 14.7. The van der Waals surface area contributed by atoms with Gasteiger partial charge in [0.2, 0.25) is 5.91 Å². The number of nitrogens with one attached hydrogen (secondary N) is 1. The van der Waals surface area contributed by atoms with Crippen molar-refractivity contribution in [1.29, 1.82) is 0 Å². The van der Waals surface area contributed by atoms with E-state index in [1.165, 1.54) is 11.8 Å². The first kappa shape index (κ1) is 13.9. The predicted octanol–water partition coefficient (Wildman–Crippen LogP) is 2.73. The number of hydrogen-bond donors (Lipinski definition) is 1. The molecule has 2 aromatic rings. The minimum Gasteiger partial charge on any atom is -0.332 e. The molecule has 0 saturated carbocycles. The zero-order valence-corrected chi connectivity index (χ0v) is 12.2. The summed E-state index contributed by atoms with van der Waals surface area (Å²) in [6.45, 7) is 1.20. The summed E-state index contributed by atoms with van der Waals surface area (Å²) in [7, 11) is 0. The molecule has 0 unspecified atom stereocenters. The molecule has 0 atom stereocenters. The Kier molecular flexibility index (Phi) is 4.06. The molecule has 1 saturated heterocycles. The van der Waals surface area contributed by atoms with Crippen LogP contribution in [-0.2, 0) is 4.79 Å². The number of nitrogens with zero attached hydrogens (tertiary/aromatic N) is 2. The van der Waals surface area contributed by atoms with Crippen LogP contribution in [0.15, 0.2) is 36.5 Å². The third-order valence-corrected chi connectivity index (χ3v) is 4.27. The molecule has 2 amide bonds. The van der Waals surface area contributed by atoms with Crippen molar-refractivity contribution in [2.45, 2.75) is 6.42 Å². The molecule has 1 aromatic heterocycles. The second kappa shape index (κ2) is 6.13. The molecule has 1 aliphatic rings. The maximum absolute atomic E-state index is 12.0. The first-order chi connectivity index (χ1) is 10.2. The van der Waals surface area contributed by atoms with Gasteiger partial charge in [-0.25, -0.2) is 0 Å². The highest BCUT2D eigenvalue weighted by Gasteiger charge is 2.21. The molecule has 5 nitrogen and oxygen atoms in total. The Balaban J connectivity index is 1.65. The highest BCUT2D eigenvalue weighted by molar-refractivity contribution is 8.13.